The zero-order valence-electron chi connectivity index (χ0n) is 18.8. The van der Waals surface area contributed by atoms with Gasteiger partial charge < -0.3 is 14.5 Å². The van der Waals surface area contributed by atoms with E-state index in [1.54, 1.807) is 60.5 Å². The lowest BCUT2D eigenvalue weighted by molar-refractivity contribution is -0.135. The lowest BCUT2D eigenvalue weighted by atomic mass is 10.1. The molecule has 34 heavy (non-hydrogen) atoms. The predicted octanol–water partition coefficient (Wildman–Crippen LogP) is 4.45. The molecule has 1 saturated carbocycles. The maximum atomic E-state index is 14.1. The van der Waals surface area contributed by atoms with Crippen molar-refractivity contribution in [1.82, 2.24) is 4.90 Å². The smallest absolute Gasteiger partial charge is 0.339 e. The lowest BCUT2D eigenvalue weighted by Gasteiger charge is -2.23. The third-order valence-electron chi connectivity index (χ3n) is 5.76. The molecule has 0 radical (unpaired) electrons. The number of hydrogen-bond donors (Lipinski definition) is 0. The number of anilines is 1. The lowest BCUT2D eigenvalue weighted by Crippen LogP contribution is -2.36. The minimum atomic E-state index is -0.764. The number of para-hydroxylation sites is 1. The number of esters is 1. The number of ether oxygens (including phenoxy) is 1. The van der Waals surface area contributed by atoms with E-state index >= 15 is 0 Å². The van der Waals surface area contributed by atoms with Crippen LogP contribution < -0.4 is 4.90 Å². The summed E-state index contributed by atoms with van der Waals surface area (Å²) < 4.78 is 19.4. The molecule has 0 aromatic heterocycles. The Morgan fingerprint density at radius 2 is 1.50 bits per heavy atom. The Morgan fingerprint density at radius 1 is 0.882 bits per heavy atom. The molecule has 7 heteroatoms. The summed E-state index contributed by atoms with van der Waals surface area (Å²) in [5.41, 5.74) is 1.35. The zero-order valence-corrected chi connectivity index (χ0v) is 18.8. The molecule has 1 aliphatic rings. The van der Waals surface area contributed by atoms with E-state index in [1.165, 1.54) is 17.0 Å². The van der Waals surface area contributed by atoms with E-state index in [-0.39, 0.29) is 35.4 Å². The Labute approximate surface area is 197 Å². The molecule has 0 spiro atoms. The topological polar surface area (TPSA) is 66.9 Å². The molecule has 1 aliphatic carbocycles. The molecule has 3 aromatic carbocycles. The van der Waals surface area contributed by atoms with Crippen molar-refractivity contribution in [2.24, 2.45) is 0 Å². The van der Waals surface area contributed by atoms with E-state index in [9.17, 15) is 18.8 Å². The fourth-order valence-electron chi connectivity index (χ4n) is 3.70. The van der Waals surface area contributed by atoms with Crippen LogP contribution in [0.15, 0.2) is 78.9 Å². The first-order valence-corrected chi connectivity index (χ1v) is 11.1. The molecule has 2 amide bonds. The van der Waals surface area contributed by atoms with Crippen molar-refractivity contribution in [2.75, 3.05) is 18.6 Å². The van der Waals surface area contributed by atoms with E-state index in [0.717, 1.165) is 12.8 Å². The summed E-state index contributed by atoms with van der Waals surface area (Å²) in [4.78, 5) is 41.7. The fraction of sp³-hybridized carbons (Fsp3) is 0.222. The number of rotatable bonds is 8. The van der Waals surface area contributed by atoms with Gasteiger partial charge in [-0.05, 0) is 43.2 Å². The molecule has 6 nitrogen and oxygen atoms in total. The fourth-order valence-corrected chi connectivity index (χ4v) is 3.70. The van der Waals surface area contributed by atoms with E-state index < -0.39 is 18.5 Å². The summed E-state index contributed by atoms with van der Waals surface area (Å²) in [6.45, 7) is -0.370. The molecule has 0 aliphatic heterocycles. The number of halogens is 1. The first-order chi connectivity index (χ1) is 16.5. The van der Waals surface area contributed by atoms with E-state index in [0.29, 0.717) is 11.3 Å². The largest absolute Gasteiger partial charge is 0.452 e. The highest BCUT2D eigenvalue weighted by molar-refractivity contribution is 6.12. The first kappa shape index (κ1) is 23.2. The summed E-state index contributed by atoms with van der Waals surface area (Å²) in [5.74, 6) is -1.91. The van der Waals surface area contributed by atoms with Crippen molar-refractivity contribution in [3.8, 4) is 0 Å². The Balaban J connectivity index is 1.44. The molecule has 174 valence electrons. The number of hydrogen-bond acceptors (Lipinski definition) is 4. The third kappa shape index (κ3) is 5.31. The van der Waals surface area contributed by atoms with Crippen LogP contribution in [0.5, 0.6) is 0 Å². The predicted molar refractivity (Wildman–Crippen MR) is 126 cm³/mol. The second-order valence-corrected chi connectivity index (χ2v) is 8.17. The molecule has 4 rings (SSSR count). The summed E-state index contributed by atoms with van der Waals surface area (Å²) in [5, 5.41) is 0. The Hall–Kier alpha value is -4.00. The zero-order chi connectivity index (χ0) is 24.1. The number of carbonyl (C=O) groups is 3. The SMILES string of the molecule is CN(C(=O)c1ccccc1C(=O)OCC(=O)N(Cc1ccccc1F)C1CC1)c1ccccc1. The number of amides is 2. The van der Waals surface area contributed by atoms with Crippen LogP contribution in [0.25, 0.3) is 0 Å². The Kier molecular flexibility index (Phi) is 7.01. The third-order valence-corrected chi connectivity index (χ3v) is 5.76. The van der Waals surface area contributed by atoms with Gasteiger partial charge in [-0.25, -0.2) is 9.18 Å². The molecular weight excluding hydrogens is 435 g/mol. The molecule has 0 N–H and O–H groups in total. The van der Waals surface area contributed by atoms with Gasteiger partial charge in [-0.15, -0.1) is 0 Å². The van der Waals surface area contributed by atoms with Crippen LogP contribution in [0.3, 0.4) is 0 Å². The van der Waals surface area contributed by atoms with Crippen molar-refractivity contribution < 1.29 is 23.5 Å². The highest BCUT2D eigenvalue weighted by Gasteiger charge is 2.33. The van der Waals surface area contributed by atoms with Gasteiger partial charge in [0.05, 0.1) is 11.1 Å². The van der Waals surface area contributed by atoms with Crippen LogP contribution in [-0.2, 0) is 16.1 Å². The highest BCUT2D eigenvalue weighted by atomic mass is 19.1. The van der Waals surface area contributed by atoms with Crippen molar-refractivity contribution in [3.63, 3.8) is 0 Å². The monoisotopic (exact) mass is 460 g/mol. The van der Waals surface area contributed by atoms with Crippen LogP contribution in [-0.4, -0.2) is 42.4 Å². The Bertz CT molecular complexity index is 1190. The number of benzene rings is 3. The summed E-state index contributed by atoms with van der Waals surface area (Å²) >= 11 is 0. The molecular formula is C27H25FN2O4. The van der Waals surface area contributed by atoms with Gasteiger partial charge in [-0.3, -0.25) is 9.59 Å². The molecule has 0 atom stereocenters. The first-order valence-electron chi connectivity index (χ1n) is 11.1. The van der Waals surface area contributed by atoms with Gasteiger partial charge >= 0.3 is 5.97 Å². The minimum Gasteiger partial charge on any atom is -0.452 e. The minimum absolute atomic E-state index is 0.0131. The van der Waals surface area contributed by atoms with Gasteiger partial charge in [0.1, 0.15) is 5.82 Å². The number of nitrogens with zero attached hydrogens (tertiary/aromatic N) is 2. The summed E-state index contributed by atoms with van der Waals surface area (Å²) in [7, 11) is 1.62. The molecule has 3 aromatic rings. The number of carbonyl (C=O) groups excluding carboxylic acids is 3. The van der Waals surface area contributed by atoms with E-state index in [1.807, 2.05) is 18.2 Å². The molecule has 0 bridgehead atoms. The van der Waals surface area contributed by atoms with Crippen molar-refractivity contribution in [2.45, 2.75) is 25.4 Å². The van der Waals surface area contributed by atoms with Crippen LogP contribution in [0.4, 0.5) is 10.1 Å². The normalized spacial score (nSPS) is 12.6. The van der Waals surface area contributed by atoms with Gasteiger partial charge in [-0.1, -0.05) is 48.5 Å². The van der Waals surface area contributed by atoms with Gasteiger partial charge in [0.15, 0.2) is 6.61 Å². The van der Waals surface area contributed by atoms with Gasteiger partial charge in [0.25, 0.3) is 11.8 Å². The van der Waals surface area contributed by atoms with Crippen LogP contribution >= 0.6 is 0 Å². The summed E-state index contributed by atoms with van der Waals surface area (Å²) in [6, 6.07) is 21.7. The highest BCUT2D eigenvalue weighted by Crippen LogP contribution is 2.29. The Morgan fingerprint density at radius 3 is 2.18 bits per heavy atom. The molecule has 0 saturated heterocycles. The van der Waals surface area contributed by atoms with Crippen molar-refractivity contribution in [1.29, 1.82) is 0 Å². The second kappa shape index (κ2) is 10.3. The average molecular weight is 461 g/mol. The van der Waals surface area contributed by atoms with Crippen LogP contribution in [0.1, 0.15) is 39.1 Å². The second-order valence-electron chi connectivity index (χ2n) is 8.17. The molecule has 0 unspecified atom stereocenters. The van der Waals surface area contributed by atoms with Gasteiger partial charge in [-0.2, -0.15) is 0 Å². The van der Waals surface area contributed by atoms with Crippen molar-refractivity contribution in [3.05, 3.63) is 101 Å². The van der Waals surface area contributed by atoms with Crippen LogP contribution in [0.2, 0.25) is 0 Å². The standard InChI is InChI=1S/C27H25FN2O4/c1-29(20-10-3-2-4-11-20)26(32)22-12-6-7-13-23(22)27(33)34-18-25(31)30(21-15-16-21)17-19-9-5-8-14-24(19)28/h2-14,21H,15-18H2,1H3. The van der Waals surface area contributed by atoms with Crippen LogP contribution in [0, 0.1) is 5.82 Å². The molecule has 0 heterocycles. The van der Waals surface area contributed by atoms with Crippen molar-refractivity contribution >= 4 is 23.5 Å². The van der Waals surface area contributed by atoms with E-state index in [2.05, 4.69) is 0 Å². The quantitative estimate of drug-likeness (QED) is 0.466. The molecule has 1 fully saturated rings. The maximum absolute atomic E-state index is 14.1. The average Bonchev–Trinajstić information content (AvgIpc) is 3.71. The van der Waals surface area contributed by atoms with E-state index in [4.69, 9.17) is 4.74 Å². The van der Waals surface area contributed by atoms with Gasteiger partial charge in [0.2, 0.25) is 0 Å². The van der Waals surface area contributed by atoms with Gasteiger partial charge in [0, 0.05) is 30.9 Å². The summed E-state index contributed by atoms with van der Waals surface area (Å²) in [6.07, 6.45) is 1.66. The maximum Gasteiger partial charge on any atom is 0.339 e.